The molecule has 1 fully saturated rings. The minimum Gasteiger partial charge on any atom is -0.349 e. The molecule has 13 heavy (non-hydrogen) atoms. The predicted octanol–water partition coefficient (Wildman–Crippen LogP) is 0.443. The van der Waals surface area contributed by atoms with E-state index < -0.39 is 6.23 Å². The molecule has 4 nitrogen and oxygen atoms in total. The van der Waals surface area contributed by atoms with Gasteiger partial charge in [-0.1, -0.05) is 6.07 Å². The highest BCUT2D eigenvalue weighted by Gasteiger charge is 2.25. The first-order valence-corrected chi connectivity index (χ1v) is 4.16. The molecule has 0 amide bonds. The standard InChI is InChI=1S/C9H10N2O2/c12-7-9-11(5-6-13-9)8-3-1-2-4-10-8/h1-4,7,9H,5-6H2. The minimum atomic E-state index is -0.463. The van der Waals surface area contributed by atoms with Crippen molar-refractivity contribution in [2.75, 3.05) is 18.1 Å². The van der Waals surface area contributed by atoms with Gasteiger partial charge in [-0.25, -0.2) is 4.98 Å². The minimum absolute atomic E-state index is 0.463. The number of carbonyl (C=O) groups is 1. The van der Waals surface area contributed by atoms with Gasteiger partial charge in [0.25, 0.3) is 0 Å². The van der Waals surface area contributed by atoms with Crippen molar-refractivity contribution in [1.29, 1.82) is 0 Å². The zero-order chi connectivity index (χ0) is 9.10. The molecular formula is C9H10N2O2. The van der Waals surface area contributed by atoms with Crippen LogP contribution in [0.4, 0.5) is 5.82 Å². The van der Waals surface area contributed by atoms with Gasteiger partial charge in [0.05, 0.1) is 6.61 Å². The first-order chi connectivity index (χ1) is 6.42. The summed E-state index contributed by atoms with van der Waals surface area (Å²) in [6.45, 7) is 1.31. The van der Waals surface area contributed by atoms with Crippen LogP contribution in [0.15, 0.2) is 24.4 Å². The summed E-state index contributed by atoms with van der Waals surface area (Å²) in [5.74, 6) is 0.789. The third-order valence-electron chi connectivity index (χ3n) is 1.99. The zero-order valence-corrected chi connectivity index (χ0v) is 7.09. The molecule has 4 heteroatoms. The van der Waals surface area contributed by atoms with E-state index in [1.807, 2.05) is 23.1 Å². The van der Waals surface area contributed by atoms with Crippen LogP contribution < -0.4 is 4.90 Å². The molecule has 0 N–H and O–H groups in total. The number of ether oxygens (including phenoxy) is 1. The fourth-order valence-corrected chi connectivity index (χ4v) is 1.37. The first-order valence-electron chi connectivity index (χ1n) is 4.16. The van der Waals surface area contributed by atoms with Gasteiger partial charge >= 0.3 is 0 Å². The molecule has 0 aliphatic carbocycles. The summed E-state index contributed by atoms with van der Waals surface area (Å²) in [7, 11) is 0. The molecule has 1 aliphatic rings. The number of rotatable bonds is 2. The van der Waals surface area contributed by atoms with Crippen LogP contribution in [0.2, 0.25) is 0 Å². The van der Waals surface area contributed by atoms with Crippen LogP contribution in [0, 0.1) is 0 Å². The van der Waals surface area contributed by atoms with Crippen LogP contribution >= 0.6 is 0 Å². The van der Waals surface area contributed by atoms with E-state index in [9.17, 15) is 4.79 Å². The van der Waals surface area contributed by atoms with E-state index in [1.165, 1.54) is 0 Å². The topological polar surface area (TPSA) is 42.4 Å². The molecule has 1 atom stereocenters. The number of pyridine rings is 1. The van der Waals surface area contributed by atoms with E-state index in [1.54, 1.807) is 6.20 Å². The summed E-state index contributed by atoms with van der Waals surface area (Å²) < 4.78 is 5.19. The second-order valence-corrected chi connectivity index (χ2v) is 2.78. The maximum atomic E-state index is 10.6. The number of hydrogen-bond acceptors (Lipinski definition) is 4. The lowest BCUT2D eigenvalue weighted by molar-refractivity contribution is -0.115. The van der Waals surface area contributed by atoms with Gasteiger partial charge in [-0.15, -0.1) is 0 Å². The molecule has 2 heterocycles. The quantitative estimate of drug-likeness (QED) is 0.616. The van der Waals surface area contributed by atoms with Gasteiger partial charge in [0.2, 0.25) is 0 Å². The number of hydrogen-bond donors (Lipinski definition) is 0. The van der Waals surface area contributed by atoms with Crippen molar-refractivity contribution in [2.45, 2.75) is 6.23 Å². The van der Waals surface area contributed by atoms with Crippen molar-refractivity contribution < 1.29 is 9.53 Å². The van der Waals surface area contributed by atoms with Crippen molar-refractivity contribution in [3.63, 3.8) is 0 Å². The number of anilines is 1. The van der Waals surface area contributed by atoms with Gasteiger partial charge in [-0.2, -0.15) is 0 Å². The monoisotopic (exact) mass is 178 g/mol. The van der Waals surface area contributed by atoms with Crippen LogP contribution in [0.3, 0.4) is 0 Å². The van der Waals surface area contributed by atoms with Crippen LogP contribution in [-0.4, -0.2) is 30.6 Å². The number of aldehydes is 1. The smallest absolute Gasteiger partial charge is 0.187 e. The lowest BCUT2D eigenvalue weighted by Crippen LogP contribution is -2.31. The zero-order valence-electron chi connectivity index (χ0n) is 7.09. The summed E-state index contributed by atoms with van der Waals surface area (Å²) >= 11 is 0. The van der Waals surface area contributed by atoms with Crippen molar-refractivity contribution in [2.24, 2.45) is 0 Å². The van der Waals surface area contributed by atoms with Gasteiger partial charge in [-0.3, -0.25) is 4.79 Å². The Kier molecular flexibility index (Phi) is 2.23. The van der Waals surface area contributed by atoms with E-state index in [-0.39, 0.29) is 0 Å². The van der Waals surface area contributed by atoms with E-state index in [4.69, 9.17) is 4.74 Å². The van der Waals surface area contributed by atoms with Crippen molar-refractivity contribution in [3.05, 3.63) is 24.4 Å². The molecule has 1 aromatic heterocycles. The lowest BCUT2D eigenvalue weighted by atomic mass is 10.4. The molecule has 1 unspecified atom stereocenters. The van der Waals surface area contributed by atoms with E-state index in [0.717, 1.165) is 18.6 Å². The van der Waals surface area contributed by atoms with Crippen molar-refractivity contribution in [1.82, 2.24) is 4.98 Å². The Hall–Kier alpha value is -1.42. The maximum Gasteiger partial charge on any atom is 0.187 e. The highest BCUT2D eigenvalue weighted by molar-refractivity contribution is 5.63. The molecule has 0 radical (unpaired) electrons. The average molecular weight is 178 g/mol. The van der Waals surface area contributed by atoms with Crippen molar-refractivity contribution in [3.8, 4) is 0 Å². The third kappa shape index (κ3) is 1.53. The highest BCUT2D eigenvalue weighted by atomic mass is 16.5. The Labute approximate surface area is 76.1 Å². The van der Waals surface area contributed by atoms with E-state index >= 15 is 0 Å². The van der Waals surface area contributed by atoms with Gasteiger partial charge in [0, 0.05) is 12.7 Å². The Morgan fingerprint density at radius 1 is 1.62 bits per heavy atom. The Balaban J connectivity index is 2.21. The summed E-state index contributed by atoms with van der Waals surface area (Å²) in [6.07, 6.45) is 2.03. The third-order valence-corrected chi connectivity index (χ3v) is 1.99. The van der Waals surface area contributed by atoms with Gasteiger partial charge in [0.1, 0.15) is 5.82 Å². The second-order valence-electron chi connectivity index (χ2n) is 2.78. The van der Waals surface area contributed by atoms with Crippen LogP contribution in [-0.2, 0) is 9.53 Å². The average Bonchev–Trinajstić information content (AvgIpc) is 2.67. The van der Waals surface area contributed by atoms with E-state index in [2.05, 4.69) is 4.98 Å². The largest absolute Gasteiger partial charge is 0.349 e. The molecule has 1 aromatic rings. The number of nitrogens with zero attached hydrogens (tertiary/aromatic N) is 2. The fourth-order valence-electron chi connectivity index (χ4n) is 1.37. The molecular weight excluding hydrogens is 168 g/mol. The maximum absolute atomic E-state index is 10.6. The number of carbonyl (C=O) groups excluding carboxylic acids is 1. The summed E-state index contributed by atoms with van der Waals surface area (Å²) in [4.78, 5) is 16.6. The molecule has 68 valence electrons. The Bertz CT molecular complexity index is 289. The Morgan fingerprint density at radius 3 is 3.23 bits per heavy atom. The molecule has 0 spiro atoms. The van der Waals surface area contributed by atoms with Crippen molar-refractivity contribution >= 4 is 12.1 Å². The van der Waals surface area contributed by atoms with Crippen LogP contribution in [0.1, 0.15) is 0 Å². The van der Waals surface area contributed by atoms with E-state index in [0.29, 0.717) is 6.61 Å². The Morgan fingerprint density at radius 2 is 2.54 bits per heavy atom. The molecule has 0 bridgehead atoms. The predicted molar refractivity (Wildman–Crippen MR) is 47.4 cm³/mol. The summed E-state index contributed by atoms with van der Waals surface area (Å²) in [5.41, 5.74) is 0. The van der Waals surface area contributed by atoms with Crippen LogP contribution in [0.5, 0.6) is 0 Å². The fraction of sp³-hybridized carbons (Fsp3) is 0.333. The lowest BCUT2D eigenvalue weighted by Gasteiger charge is -2.18. The normalized spacial score (nSPS) is 21.8. The first kappa shape index (κ1) is 8.19. The molecule has 2 rings (SSSR count). The summed E-state index contributed by atoms with van der Waals surface area (Å²) in [5, 5.41) is 0. The van der Waals surface area contributed by atoms with Gasteiger partial charge in [0.15, 0.2) is 12.5 Å². The molecule has 0 aromatic carbocycles. The summed E-state index contributed by atoms with van der Waals surface area (Å²) in [6, 6.07) is 5.60. The SMILES string of the molecule is O=CC1OCCN1c1ccccn1. The van der Waals surface area contributed by atoms with Crippen LogP contribution in [0.25, 0.3) is 0 Å². The molecule has 1 saturated heterocycles. The highest BCUT2D eigenvalue weighted by Crippen LogP contribution is 2.16. The second kappa shape index (κ2) is 3.53. The van der Waals surface area contributed by atoms with Gasteiger partial charge in [-0.05, 0) is 12.1 Å². The molecule has 1 aliphatic heterocycles. The molecule has 0 saturated carbocycles. The number of aromatic nitrogens is 1. The van der Waals surface area contributed by atoms with Gasteiger partial charge < -0.3 is 9.64 Å².